The minimum atomic E-state index is -0.440. The van der Waals surface area contributed by atoms with Crippen LogP contribution in [0.25, 0.3) is 5.32 Å². The van der Waals surface area contributed by atoms with Gasteiger partial charge in [-0.25, -0.2) is 0 Å². The van der Waals surface area contributed by atoms with Crippen LogP contribution in [0.1, 0.15) is 10.4 Å². The Morgan fingerprint density at radius 3 is 2.18 bits per heavy atom. The maximum Gasteiger partial charge on any atom is 1.00 e. The number of para-hydroxylation sites is 2. The van der Waals surface area contributed by atoms with Gasteiger partial charge in [-0.05, 0) is 12.1 Å². The first kappa shape index (κ1) is 13.8. The molecule has 2 aromatic carbocycles. The van der Waals surface area contributed by atoms with E-state index in [4.69, 9.17) is 0 Å². The van der Waals surface area contributed by atoms with E-state index in [0.717, 1.165) is 0 Å². The molecule has 2 aromatic rings. The molecule has 0 bridgehead atoms. The molecule has 1 N–H and O–H groups in total. The second-order valence-corrected chi connectivity index (χ2v) is 3.27. The Morgan fingerprint density at radius 2 is 1.53 bits per heavy atom. The molecule has 4 heteroatoms. The summed E-state index contributed by atoms with van der Waals surface area (Å²) < 4.78 is 0. The number of phenols is 1. The van der Waals surface area contributed by atoms with Gasteiger partial charge in [0.15, 0.2) is 0 Å². The normalized spacial score (nSPS) is 9.18. The van der Waals surface area contributed by atoms with Gasteiger partial charge < -0.3 is 15.2 Å². The summed E-state index contributed by atoms with van der Waals surface area (Å²) in [6.07, 6.45) is 0. The van der Waals surface area contributed by atoms with Crippen LogP contribution < -0.4 is 29.6 Å². The largest absolute Gasteiger partial charge is 1.00 e. The van der Waals surface area contributed by atoms with Gasteiger partial charge in [0.1, 0.15) is 5.75 Å². The van der Waals surface area contributed by atoms with Gasteiger partial charge in [0.2, 0.25) is 0 Å². The fraction of sp³-hybridized carbons (Fsp3) is 0. The Bertz CT molecular complexity index is 500. The molecule has 0 aliphatic heterocycles. The van der Waals surface area contributed by atoms with Gasteiger partial charge >= 0.3 is 29.6 Å². The van der Waals surface area contributed by atoms with Crippen molar-refractivity contribution in [1.29, 1.82) is 0 Å². The van der Waals surface area contributed by atoms with E-state index in [9.17, 15) is 9.90 Å². The summed E-state index contributed by atoms with van der Waals surface area (Å²) in [5, 5.41) is 13.4. The fourth-order valence-corrected chi connectivity index (χ4v) is 1.33. The van der Waals surface area contributed by atoms with Crippen molar-refractivity contribution in [2.75, 3.05) is 0 Å². The van der Waals surface area contributed by atoms with E-state index in [1.165, 1.54) is 6.07 Å². The SMILES string of the molecule is O=C([N-]c1ccccc1)c1ccccc1O.[Na+]. The van der Waals surface area contributed by atoms with E-state index in [2.05, 4.69) is 5.32 Å². The van der Waals surface area contributed by atoms with Crippen molar-refractivity contribution in [2.24, 2.45) is 0 Å². The number of phenolic OH excluding ortho intramolecular Hbond substituents is 1. The summed E-state index contributed by atoms with van der Waals surface area (Å²) in [5.74, 6) is -0.489. The molecule has 0 aliphatic rings. The van der Waals surface area contributed by atoms with E-state index in [0.29, 0.717) is 5.69 Å². The molecule has 0 aromatic heterocycles. The van der Waals surface area contributed by atoms with E-state index < -0.39 is 5.91 Å². The molecule has 0 atom stereocenters. The van der Waals surface area contributed by atoms with Crippen LogP contribution in [0, 0.1) is 0 Å². The number of carbonyl (C=O) groups is 1. The summed E-state index contributed by atoms with van der Waals surface area (Å²) in [5.41, 5.74) is 0.794. The molecule has 0 unspecified atom stereocenters. The Balaban J connectivity index is 0.00000144. The Hall–Kier alpha value is -1.29. The van der Waals surface area contributed by atoms with Crippen molar-refractivity contribution in [3.05, 3.63) is 65.5 Å². The molecule has 80 valence electrons. The average Bonchev–Trinajstić information content (AvgIpc) is 2.31. The minimum absolute atomic E-state index is 0. The van der Waals surface area contributed by atoms with Crippen LogP contribution >= 0.6 is 0 Å². The van der Waals surface area contributed by atoms with Gasteiger partial charge in [0, 0.05) is 5.56 Å². The minimum Gasteiger partial charge on any atom is -0.623 e. The van der Waals surface area contributed by atoms with Gasteiger partial charge in [0.25, 0.3) is 0 Å². The van der Waals surface area contributed by atoms with Crippen molar-refractivity contribution in [3.63, 3.8) is 0 Å². The Kier molecular flexibility index (Phi) is 5.22. The van der Waals surface area contributed by atoms with Crippen molar-refractivity contribution in [1.82, 2.24) is 0 Å². The maximum atomic E-state index is 11.7. The van der Waals surface area contributed by atoms with Crippen molar-refractivity contribution < 1.29 is 39.5 Å². The molecule has 2 rings (SSSR count). The van der Waals surface area contributed by atoms with Gasteiger partial charge in [-0.3, -0.25) is 0 Å². The molecule has 0 saturated heterocycles. The van der Waals surface area contributed by atoms with Crippen LogP contribution in [-0.4, -0.2) is 11.0 Å². The number of nitrogens with zero attached hydrogens (tertiary/aromatic N) is 1. The molecule has 0 aliphatic carbocycles. The first-order valence-corrected chi connectivity index (χ1v) is 4.86. The molecule has 17 heavy (non-hydrogen) atoms. The molecule has 0 spiro atoms. The quantitative estimate of drug-likeness (QED) is 0.758. The van der Waals surface area contributed by atoms with Gasteiger partial charge in [-0.2, -0.15) is 0 Å². The van der Waals surface area contributed by atoms with Crippen molar-refractivity contribution in [2.45, 2.75) is 0 Å². The smallest absolute Gasteiger partial charge is 0.623 e. The maximum absolute atomic E-state index is 11.7. The zero-order valence-electron chi connectivity index (χ0n) is 9.50. The summed E-state index contributed by atoms with van der Waals surface area (Å²) in [4.78, 5) is 11.7. The van der Waals surface area contributed by atoms with Gasteiger partial charge in [-0.1, -0.05) is 42.5 Å². The number of hydrogen-bond acceptors (Lipinski definition) is 2. The molecule has 1 amide bonds. The van der Waals surface area contributed by atoms with Crippen LogP contribution in [-0.2, 0) is 0 Å². The zero-order valence-corrected chi connectivity index (χ0v) is 11.5. The van der Waals surface area contributed by atoms with E-state index >= 15 is 0 Å². The number of hydrogen-bond donors (Lipinski definition) is 1. The van der Waals surface area contributed by atoms with Crippen molar-refractivity contribution >= 4 is 11.6 Å². The predicted octanol–water partition coefficient (Wildman–Crippen LogP) is 0.242. The molecular weight excluding hydrogens is 225 g/mol. The van der Waals surface area contributed by atoms with E-state index in [1.54, 1.807) is 42.5 Å². The number of benzene rings is 2. The Labute approximate surface area is 122 Å². The molecule has 3 nitrogen and oxygen atoms in total. The predicted molar refractivity (Wildman–Crippen MR) is 61.9 cm³/mol. The third kappa shape index (κ3) is 3.60. The van der Waals surface area contributed by atoms with E-state index in [-0.39, 0.29) is 40.9 Å². The molecule has 0 fully saturated rings. The summed E-state index contributed by atoms with van der Waals surface area (Å²) in [6.45, 7) is 0. The van der Waals surface area contributed by atoms with Gasteiger partial charge in [-0.15, -0.1) is 5.69 Å². The zero-order chi connectivity index (χ0) is 11.4. The monoisotopic (exact) mass is 235 g/mol. The summed E-state index contributed by atoms with van der Waals surface area (Å²) in [6, 6.07) is 15.3. The standard InChI is InChI=1S/C13H11NO2.Na/c15-12-9-5-4-8-11(12)13(16)14-10-6-2-1-3-7-10;/h1-9H,(H2,14,15,16);/q;+1/p-1. The fourth-order valence-electron chi connectivity index (χ4n) is 1.33. The first-order valence-electron chi connectivity index (χ1n) is 4.86. The molecular formula is C13H10NNaO2. The van der Waals surface area contributed by atoms with Crippen LogP contribution in [0.15, 0.2) is 54.6 Å². The van der Waals surface area contributed by atoms with E-state index in [1.807, 2.05) is 6.07 Å². The number of carbonyl (C=O) groups excluding carboxylic acids is 1. The number of aromatic hydroxyl groups is 1. The average molecular weight is 235 g/mol. The van der Waals surface area contributed by atoms with Crippen LogP contribution in [0.4, 0.5) is 5.69 Å². The number of rotatable bonds is 2. The first-order chi connectivity index (χ1) is 7.77. The van der Waals surface area contributed by atoms with Crippen LogP contribution in [0.3, 0.4) is 0 Å². The molecule has 0 radical (unpaired) electrons. The Morgan fingerprint density at radius 1 is 0.941 bits per heavy atom. The molecule has 0 heterocycles. The molecule has 0 saturated carbocycles. The van der Waals surface area contributed by atoms with Crippen molar-refractivity contribution in [3.8, 4) is 5.75 Å². The third-order valence-corrected chi connectivity index (χ3v) is 2.12. The second-order valence-electron chi connectivity index (χ2n) is 3.27. The summed E-state index contributed by atoms with van der Waals surface area (Å²) in [7, 11) is 0. The van der Waals surface area contributed by atoms with Crippen LogP contribution in [0.5, 0.6) is 5.75 Å². The third-order valence-electron chi connectivity index (χ3n) is 2.12. The van der Waals surface area contributed by atoms with Crippen LogP contribution in [0.2, 0.25) is 0 Å². The number of amides is 1. The van der Waals surface area contributed by atoms with Gasteiger partial charge in [0.05, 0.1) is 5.91 Å². The topological polar surface area (TPSA) is 51.4 Å². The summed E-state index contributed by atoms with van der Waals surface area (Å²) >= 11 is 0. The second kappa shape index (κ2) is 6.45.